The van der Waals surface area contributed by atoms with E-state index in [1.165, 1.54) is 0 Å². The van der Waals surface area contributed by atoms with Gasteiger partial charge in [-0.15, -0.1) is 0 Å². The van der Waals surface area contributed by atoms with E-state index in [9.17, 15) is 0 Å². The Kier molecular flexibility index (Phi) is 3.59. The summed E-state index contributed by atoms with van der Waals surface area (Å²) in [6.45, 7) is 4.52. The molecule has 3 heterocycles. The van der Waals surface area contributed by atoms with Crippen LogP contribution in [0.2, 0.25) is 0 Å². The van der Waals surface area contributed by atoms with E-state index in [2.05, 4.69) is 25.4 Å². The van der Waals surface area contributed by atoms with Crippen molar-refractivity contribution in [1.82, 2.24) is 24.7 Å². The molecule has 0 amide bonds. The van der Waals surface area contributed by atoms with Gasteiger partial charge in [0.1, 0.15) is 11.6 Å². The smallest absolute Gasteiger partial charge is 0.153 e. The van der Waals surface area contributed by atoms with Gasteiger partial charge in [0.15, 0.2) is 5.82 Å². The molecule has 3 aromatic heterocycles. The first-order chi connectivity index (χ1) is 10.2. The molecule has 0 spiro atoms. The number of rotatable bonds is 4. The van der Waals surface area contributed by atoms with Gasteiger partial charge in [-0.1, -0.05) is 0 Å². The summed E-state index contributed by atoms with van der Waals surface area (Å²) in [6, 6.07) is 7.78. The summed E-state index contributed by atoms with van der Waals surface area (Å²) in [5, 5.41) is 7.49. The van der Waals surface area contributed by atoms with E-state index >= 15 is 0 Å². The second-order valence-corrected chi connectivity index (χ2v) is 4.77. The zero-order valence-electron chi connectivity index (χ0n) is 12.0. The number of aromatic nitrogens is 5. The Morgan fingerprint density at radius 1 is 1.14 bits per heavy atom. The first-order valence-corrected chi connectivity index (χ1v) is 6.72. The average molecular weight is 280 g/mol. The minimum absolute atomic E-state index is 0.673. The van der Waals surface area contributed by atoms with Crippen molar-refractivity contribution >= 4 is 5.82 Å². The number of anilines is 1. The minimum atomic E-state index is 0.673. The maximum Gasteiger partial charge on any atom is 0.153 e. The molecule has 0 aliphatic carbocycles. The lowest BCUT2D eigenvalue weighted by Crippen LogP contribution is -2.05. The number of nitrogens with one attached hydrogen (secondary N) is 1. The molecular formula is C15H16N6. The van der Waals surface area contributed by atoms with Gasteiger partial charge in [-0.2, -0.15) is 5.10 Å². The molecule has 0 unspecified atom stereocenters. The highest BCUT2D eigenvalue weighted by atomic mass is 15.3. The molecule has 21 heavy (non-hydrogen) atoms. The number of aryl methyl sites for hydroxylation is 2. The number of hydrogen-bond acceptors (Lipinski definition) is 5. The van der Waals surface area contributed by atoms with Crippen molar-refractivity contribution in [3.05, 3.63) is 59.9 Å². The van der Waals surface area contributed by atoms with Gasteiger partial charge in [0.05, 0.1) is 0 Å². The zero-order valence-corrected chi connectivity index (χ0v) is 12.0. The lowest BCUT2D eigenvalue weighted by molar-refractivity contribution is 0.842. The molecule has 106 valence electrons. The molecule has 0 aromatic carbocycles. The number of nitrogens with zero attached hydrogens (tertiary/aromatic N) is 5. The Morgan fingerprint density at radius 2 is 2.05 bits per heavy atom. The van der Waals surface area contributed by atoms with Gasteiger partial charge in [0.2, 0.25) is 0 Å². The Labute approximate surface area is 122 Å². The van der Waals surface area contributed by atoms with Crippen LogP contribution in [-0.2, 0) is 6.54 Å². The summed E-state index contributed by atoms with van der Waals surface area (Å²) in [7, 11) is 0. The minimum Gasteiger partial charge on any atom is -0.366 e. The van der Waals surface area contributed by atoms with Crippen molar-refractivity contribution in [3.63, 3.8) is 0 Å². The Balaban J connectivity index is 1.75. The molecule has 6 heteroatoms. The Hall–Kier alpha value is -2.76. The largest absolute Gasteiger partial charge is 0.366 e. The van der Waals surface area contributed by atoms with Crippen molar-refractivity contribution in [2.45, 2.75) is 20.4 Å². The zero-order chi connectivity index (χ0) is 14.7. The maximum absolute atomic E-state index is 4.37. The average Bonchev–Trinajstić information content (AvgIpc) is 2.99. The first kappa shape index (κ1) is 13.2. The summed E-state index contributed by atoms with van der Waals surface area (Å²) >= 11 is 0. The van der Waals surface area contributed by atoms with E-state index in [4.69, 9.17) is 0 Å². The third-order valence-electron chi connectivity index (χ3n) is 2.99. The predicted molar refractivity (Wildman–Crippen MR) is 80.2 cm³/mol. The highest BCUT2D eigenvalue weighted by Gasteiger charge is 2.02. The van der Waals surface area contributed by atoms with E-state index in [1.54, 1.807) is 17.1 Å². The second-order valence-electron chi connectivity index (χ2n) is 4.77. The molecule has 0 aliphatic heterocycles. The fourth-order valence-corrected chi connectivity index (χ4v) is 2.10. The van der Waals surface area contributed by atoms with Gasteiger partial charge >= 0.3 is 0 Å². The molecule has 0 saturated heterocycles. The normalized spacial score (nSPS) is 10.6. The number of hydrogen-bond donors (Lipinski definition) is 1. The van der Waals surface area contributed by atoms with Gasteiger partial charge in [-0.25, -0.2) is 19.6 Å². The van der Waals surface area contributed by atoms with Crippen LogP contribution in [0.5, 0.6) is 0 Å². The molecule has 1 N–H and O–H groups in total. The SMILES string of the molecule is Cc1cc(NCc2ccnc(-n3cccn3)c2)nc(C)n1. The van der Waals surface area contributed by atoms with Crippen molar-refractivity contribution in [2.75, 3.05) is 5.32 Å². The molecule has 6 nitrogen and oxygen atoms in total. The third kappa shape index (κ3) is 3.22. The molecule has 0 atom stereocenters. The Bertz CT molecular complexity index is 715. The summed E-state index contributed by atoms with van der Waals surface area (Å²) in [6.07, 6.45) is 5.39. The Morgan fingerprint density at radius 3 is 2.81 bits per heavy atom. The van der Waals surface area contributed by atoms with Crippen LogP contribution in [0.25, 0.3) is 5.82 Å². The van der Waals surface area contributed by atoms with Gasteiger partial charge < -0.3 is 5.32 Å². The van der Waals surface area contributed by atoms with Gasteiger partial charge in [-0.3, -0.25) is 0 Å². The molecule has 3 aromatic rings. The van der Waals surface area contributed by atoms with E-state index < -0.39 is 0 Å². The van der Waals surface area contributed by atoms with E-state index in [-0.39, 0.29) is 0 Å². The lowest BCUT2D eigenvalue weighted by Gasteiger charge is -2.08. The van der Waals surface area contributed by atoms with Crippen LogP contribution in [0.3, 0.4) is 0 Å². The molecule has 0 saturated carbocycles. The standard InChI is InChI=1S/C15H16N6/c1-11-8-14(20-12(2)19-11)17-10-13-4-6-16-15(9-13)21-7-3-5-18-21/h3-9H,10H2,1-2H3,(H,17,19,20). The van der Waals surface area contributed by atoms with Crippen LogP contribution in [-0.4, -0.2) is 24.7 Å². The summed E-state index contributed by atoms with van der Waals surface area (Å²) in [4.78, 5) is 12.9. The van der Waals surface area contributed by atoms with Crippen molar-refractivity contribution < 1.29 is 0 Å². The van der Waals surface area contributed by atoms with Crippen LogP contribution in [0.1, 0.15) is 17.1 Å². The molecule has 0 bridgehead atoms. The first-order valence-electron chi connectivity index (χ1n) is 6.72. The third-order valence-corrected chi connectivity index (χ3v) is 2.99. The molecule has 0 aliphatic rings. The molecule has 0 radical (unpaired) electrons. The second kappa shape index (κ2) is 5.70. The van der Waals surface area contributed by atoms with Crippen LogP contribution >= 0.6 is 0 Å². The van der Waals surface area contributed by atoms with Crippen molar-refractivity contribution in [2.24, 2.45) is 0 Å². The quantitative estimate of drug-likeness (QED) is 0.794. The molecule has 3 rings (SSSR count). The monoisotopic (exact) mass is 280 g/mol. The predicted octanol–water partition coefficient (Wildman–Crippen LogP) is 2.29. The van der Waals surface area contributed by atoms with Crippen LogP contribution < -0.4 is 5.32 Å². The summed E-state index contributed by atoms with van der Waals surface area (Å²) in [5.41, 5.74) is 2.07. The van der Waals surface area contributed by atoms with Gasteiger partial charge in [0.25, 0.3) is 0 Å². The molecular weight excluding hydrogens is 264 g/mol. The van der Waals surface area contributed by atoms with Crippen molar-refractivity contribution in [1.29, 1.82) is 0 Å². The van der Waals surface area contributed by atoms with E-state index in [0.29, 0.717) is 6.54 Å². The number of pyridine rings is 1. The topological polar surface area (TPSA) is 68.5 Å². The van der Waals surface area contributed by atoms with E-state index in [0.717, 1.165) is 28.7 Å². The lowest BCUT2D eigenvalue weighted by atomic mass is 10.2. The van der Waals surface area contributed by atoms with Crippen LogP contribution in [0, 0.1) is 13.8 Å². The molecule has 0 fully saturated rings. The van der Waals surface area contributed by atoms with Crippen molar-refractivity contribution in [3.8, 4) is 5.82 Å². The van der Waals surface area contributed by atoms with Gasteiger partial charge in [-0.05, 0) is 37.6 Å². The fraction of sp³-hybridized carbons (Fsp3) is 0.200. The summed E-state index contributed by atoms with van der Waals surface area (Å²) < 4.78 is 1.74. The van der Waals surface area contributed by atoms with Gasteiger partial charge in [0, 0.05) is 36.9 Å². The van der Waals surface area contributed by atoms with Crippen LogP contribution in [0.15, 0.2) is 42.9 Å². The highest BCUT2D eigenvalue weighted by molar-refractivity contribution is 5.37. The maximum atomic E-state index is 4.37. The fourth-order valence-electron chi connectivity index (χ4n) is 2.10. The van der Waals surface area contributed by atoms with E-state index in [1.807, 2.05) is 44.3 Å². The summed E-state index contributed by atoms with van der Waals surface area (Å²) in [5.74, 6) is 2.40. The highest BCUT2D eigenvalue weighted by Crippen LogP contribution is 2.10. The van der Waals surface area contributed by atoms with Crippen LogP contribution in [0.4, 0.5) is 5.82 Å².